The molecule has 1 N–H and O–H groups in total. The van der Waals surface area contributed by atoms with E-state index in [9.17, 15) is 14.0 Å². The van der Waals surface area contributed by atoms with Crippen molar-refractivity contribution in [2.75, 3.05) is 32.7 Å². The minimum atomic E-state index is -0.832. The number of carboxylic acids is 1. The highest BCUT2D eigenvalue weighted by Crippen LogP contribution is 2.10. The van der Waals surface area contributed by atoms with Gasteiger partial charge < -0.3 is 10.0 Å². The summed E-state index contributed by atoms with van der Waals surface area (Å²) in [6, 6.07) is 2.95. The molecule has 1 aromatic rings. The number of rotatable bonds is 4. The lowest BCUT2D eigenvalue weighted by Crippen LogP contribution is -2.49. The van der Waals surface area contributed by atoms with Gasteiger partial charge in [0.25, 0.3) is 5.91 Å². The van der Waals surface area contributed by atoms with Gasteiger partial charge in [0.15, 0.2) is 0 Å². The van der Waals surface area contributed by atoms with Crippen LogP contribution in [0.5, 0.6) is 0 Å². The minimum absolute atomic E-state index is 0.0218. The molecule has 1 aliphatic rings. The molecular formula is C13H16FN3O3. The predicted molar refractivity (Wildman–Crippen MR) is 68.8 cm³/mol. The normalized spacial score (nSPS) is 16.1. The smallest absolute Gasteiger partial charge is 0.304 e. The average molecular weight is 281 g/mol. The van der Waals surface area contributed by atoms with E-state index in [-0.39, 0.29) is 17.9 Å². The number of halogens is 1. The highest BCUT2D eigenvalue weighted by Gasteiger charge is 2.24. The molecule has 2 rings (SSSR count). The Balaban J connectivity index is 1.89. The summed E-state index contributed by atoms with van der Waals surface area (Å²) in [5.41, 5.74) is -0.0218. The highest BCUT2D eigenvalue weighted by molar-refractivity contribution is 5.94. The molecule has 1 fully saturated rings. The van der Waals surface area contributed by atoms with Gasteiger partial charge in [-0.15, -0.1) is 0 Å². The largest absolute Gasteiger partial charge is 0.481 e. The van der Waals surface area contributed by atoms with Crippen molar-refractivity contribution in [3.8, 4) is 0 Å². The molecule has 0 unspecified atom stereocenters. The van der Waals surface area contributed by atoms with E-state index in [0.717, 1.165) is 0 Å². The van der Waals surface area contributed by atoms with Crippen LogP contribution >= 0.6 is 0 Å². The van der Waals surface area contributed by atoms with Gasteiger partial charge in [0.1, 0.15) is 0 Å². The SMILES string of the molecule is O=C(O)CCN1CCN(C(=O)c2cccnc2F)CC1. The molecule has 7 heteroatoms. The van der Waals surface area contributed by atoms with Gasteiger partial charge in [-0.3, -0.25) is 14.5 Å². The predicted octanol–water partition coefficient (Wildman–Crippen LogP) is 0.453. The van der Waals surface area contributed by atoms with Gasteiger partial charge in [-0.1, -0.05) is 0 Å². The van der Waals surface area contributed by atoms with Crippen LogP contribution in [0.15, 0.2) is 18.3 Å². The van der Waals surface area contributed by atoms with Gasteiger partial charge in [-0.25, -0.2) is 4.98 Å². The van der Waals surface area contributed by atoms with E-state index < -0.39 is 11.9 Å². The van der Waals surface area contributed by atoms with Gasteiger partial charge in [-0.2, -0.15) is 4.39 Å². The fourth-order valence-electron chi connectivity index (χ4n) is 2.14. The lowest BCUT2D eigenvalue weighted by atomic mass is 10.2. The van der Waals surface area contributed by atoms with E-state index in [1.165, 1.54) is 18.3 Å². The number of nitrogens with zero attached hydrogens (tertiary/aromatic N) is 3. The Morgan fingerprint density at radius 1 is 1.30 bits per heavy atom. The van der Waals surface area contributed by atoms with E-state index in [0.29, 0.717) is 32.7 Å². The van der Waals surface area contributed by atoms with E-state index in [4.69, 9.17) is 5.11 Å². The number of carboxylic acid groups (broad SMARTS) is 1. The van der Waals surface area contributed by atoms with E-state index in [2.05, 4.69) is 4.98 Å². The third-order valence-corrected chi connectivity index (χ3v) is 3.29. The first kappa shape index (κ1) is 14.4. The zero-order valence-corrected chi connectivity index (χ0v) is 11.0. The van der Waals surface area contributed by atoms with Gasteiger partial charge in [0.05, 0.1) is 12.0 Å². The molecule has 1 amide bonds. The van der Waals surface area contributed by atoms with E-state index in [1.54, 1.807) is 4.90 Å². The van der Waals surface area contributed by atoms with Crippen LogP contribution in [0.3, 0.4) is 0 Å². The van der Waals surface area contributed by atoms with Crippen LogP contribution in [0.4, 0.5) is 4.39 Å². The number of hydrogen-bond donors (Lipinski definition) is 1. The summed E-state index contributed by atoms with van der Waals surface area (Å²) in [5, 5.41) is 8.62. The number of amides is 1. The minimum Gasteiger partial charge on any atom is -0.481 e. The molecule has 0 radical (unpaired) electrons. The lowest BCUT2D eigenvalue weighted by molar-refractivity contribution is -0.137. The van der Waals surface area contributed by atoms with E-state index in [1.807, 2.05) is 4.90 Å². The Morgan fingerprint density at radius 3 is 2.60 bits per heavy atom. The summed E-state index contributed by atoms with van der Waals surface area (Å²) in [6.45, 7) is 2.60. The van der Waals surface area contributed by atoms with Gasteiger partial charge in [-0.05, 0) is 12.1 Å². The first-order valence-corrected chi connectivity index (χ1v) is 6.42. The van der Waals surface area contributed by atoms with Crippen molar-refractivity contribution in [1.82, 2.24) is 14.8 Å². The molecule has 0 aliphatic carbocycles. The zero-order chi connectivity index (χ0) is 14.5. The summed E-state index contributed by atoms with van der Waals surface area (Å²) < 4.78 is 13.4. The summed E-state index contributed by atoms with van der Waals surface area (Å²) >= 11 is 0. The number of carbonyl (C=O) groups is 2. The zero-order valence-electron chi connectivity index (χ0n) is 11.0. The topological polar surface area (TPSA) is 73.7 Å². The van der Waals surface area contributed by atoms with Gasteiger partial charge in [0, 0.05) is 38.9 Å². The van der Waals surface area contributed by atoms with Crippen molar-refractivity contribution < 1.29 is 19.1 Å². The first-order valence-electron chi connectivity index (χ1n) is 6.42. The molecule has 0 spiro atoms. The molecule has 6 nitrogen and oxygen atoms in total. The lowest BCUT2D eigenvalue weighted by Gasteiger charge is -2.34. The monoisotopic (exact) mass is 281 g/mol. The third-order valence-electron chi connectivity index (χ3n) is 3.29. The van der Waals surface area contributed by atoms with Crippen molar-refractivity contribution in [2.45, 2.75) is 6.42 Å². The summed E-state index contributed by atoms with van der Waals surface area (Å²) in [4.78, 5) is 29.6. The number of aromatic nitrogens is 1. The molecule has 2 heterocycles. The summed E-state index contributed by atoms with van der Waals surface area (Å²) in [5.74, 6) is -1.96. The van der Waals surface area contributed by atoms with Gasteiger partial charge >= 0.3 is 5.97 Å². The van der Waals surface area contributed by atoms with Crippen LogP contribution in [0.1, 0.15) is 16.8 Å². The maximum Gasteiger partial charge on any atom is 0.304 e. The molecule has 0 saturated carbocycles. The second kappa shape index (κ2) is 6.42. The number of aliphatic carboxylic acids is 1. The Bertz CT molecular complexity index is 501. The second-order valence-electron chi connectivity index (χ2n) is 4.62. The van der Waals surface area contributed by atoms with Crippen molar-refractivity contribution in [3.05, 3.63) is 29.8 Å². The van der Waals surface area contributed by atoms with E-state index >= 15 is 0 Å². The molecule has 108 valence electrons. The Hall–Kier alpha value is -2.02. The van der Waals surface area contributed by atoms with Crippen molar-refractivity contribution in [3.63, 3.8) is 0 Å². The second-order valence-corrected chi connectivity index (χ2v) is 4.62. The summed E-state index contributed by atoms with van der Waals surface area (Å²) in [6.07, 6.45) is 1.39. The molecule has 1 aliphatic heterocycles. The van der Waals surface area contributed by atoms with Crippen molar-refractivity contribution >= 4 is 11.9 Å². The third kappa shape index (κ3) is 3.51. The van der Waals surface area contributed by atoms with Crippen LogP contribution < -0.4 is 0 Å². The highest BCUT2D eigenvalue weighted by atomic mass is 19.1. The standard InChI is InChI=1S/C13H16FN3O3/c14-12-10(2-1-4-15-12)13(20)17-8-6-16(7-9-17)5-3-11(18)19/h1-2,4H,3,5-9H2,(H,18,19). The molecule has 20 heavy (non-hydrogen) atoms. The maximum absolute atomic E-state index is 13.4. The Morgan fingerprint density at radius 2 is 2.00 bits per heavy atom. The van der Waals surface area contributed by atoms with Crippen LogP contribution in [0.25, 0.3) is 0 Å². The molecule has 0 aromatic carbocycles. The average Bonchev–Trinajstić information content (AvgIpc) is 2.45. The van der Waals surface area contributed by atoms with Crippen LogP contribution in [-0.2, 0) is 4.79 Å². The summed E-state index contributed by atoms with van der Waals surface area (Å²) in [7, 11) is 0. The number of piperazine rings is 1. The number of carbonyl (C=O) groups excluding carboxylic acids is 1. The fraction of sp³-hybridized carbons (Fsp3) is 0.462. The fourth-order valence-corrected chi connectivity index (χ4v) is 2.14. The van der Waals surface area contributed by atoms with Crippen molar-refractivity contribution in [2.24, 2.45) is 0 Å². The number of hydrogen-bond acceptors (Lipinski definition) is 4. The Kier molecular flexibility index (Phi) is 4.62. The van der Waals surface area contributed by atoms with Gasteiger partial charge in [0.2, 0.25) is 5.95 Å². The number of pyridine rings is 1. The molecule has 0 bridgehead atoms. The quantitative estimate of drug-likeness (QED) is 0.811. The maximum atomic E-state index is 13.4. The van der Waals surface area contributed by atoms with Crippen molar-refractivity contribution in [1.29, 1.82) is 0 Å². The van der Waals surface area contributed by atoms with Crippen LogP contribution in [0.2, 0.25) is 0 Å². The molecule has 1 saturated heterocycles. The Labute approximate surface area is 115 Å². The molecule has 1 aromatic heterocycles. The molecule has 0 atom stereocenters. The van der Waals surface area contributed by atoms with Crippen LogP contribution in [-0.4, -0.2) is 64.5 Å². The first-order chi connectivity index (χ1) is 9.58. The van der Waals surface area contributed by atoms with Crippen LogP contribution in [0, 0.1) is 5.95 Å². The molecular weight excluding hydrogens is 265 g/mol.